The highest BCUT2D eigenvalue weighted by Gasteiger charge is 2.28. The average molecular weight is 421 g/mol. The second kappa shape index (κ2) is 10.5. The fourth-order valence-corrected chi connectivity index (χ4v) is 3.45. The molecule has 8 nitrogen and oxygen atoms in total. The van der Waals surface area contributed by atoms with E-state index in [-0.39, 0.29) is 34.0 Å². The van der Waals surface area contributed by atoms with Crippen molar-refractivity contribution in [2.75, 3.05) is 26.6 Å². The van der Waals surface area contributed by atoms with Gasteiger partial charge in [-0.3, -0.25) is 4.79 Å². The quantitative estimate of drug-likeness (QED) is 0.373. The third-order valence-electron chi connectivity index (χ3n) is 3.99. The van der Waals surface area contributed by atoms with Crippen molar-refractivity contribution in [1.82, 2.24) is 0 Å². The molecule has 0 aliphatic heterocycles. The Morgan fingerprint density at radius 3 is 2.31 bits per heavy atom. The molecule has 2 N–H and O–H groups in total. The van der Waals surface area contributed by atoms with Crippen LogP contribution in [0.1, 0.15) is 44.0 Å². The molecule has 0 amide bonds. The molecule has 2 rings (SSSR count). The lowest BCUT2D eigenvalue weighted by Gasteiger charge is -2.09. The minimum absolute atomic E-state index is 0.00778. The van der Waals surface area contributed by atoms with Crippen molar-refractivity contribution in [2.24, 2.45) is 0 Å². The first kappa shape index (κ1) is 22.2. The van der Waals surface area contributed by atoms with Crippen LogP contribution in [0.4, 0.5) is 5.00 Å². The van der Waals surface area contributed by atoms with E-state index in [9.17, 15) is 14.4 Å². The Morgan fingerprint density at radius 2 is 1.69 bits per heavy atom. The molecule has 2 aromatic rings. The zero-order valence-corrected chi connectivity index (χ0v) is 17.3. The number of rotatable bonds is 9. The van der Waals surface area contributed by atoms with Gasteiger partial charge in [-0.2, -0.15) is 0 Å². The monoisotopic (exact) mass is 421 g/mol. The first-order chi connectivity index (χ1) is 13.9. The predicted molar refractivity (Wildman–Crippen MR) is 107 cm³/mol. The summed E-state index contributed by atoms with van der Waals surface area (Å²) in [5.74, 6) is -1.15. The van der Waals surface area contributed by atoms with E-state index in [1.54, 1.807) is 0 Å². The van der Waals surface area contributed by atoms with Crippen molar-refractivity contribution >= 4 is 34.2 Å². The van der Waals surface area contributed by atoms with Gasteiger partial charge in [0, 0.05) is 12.0 Å². The van der Waals surface area contributed by atoms with Crippen molar-refractivity contribution in [3.8, 4) is 5.75 Å². The smallest absolute Gasteiger partial charge is 0.348 e. The van der Waals surface area contributed by atoms with E-state index in [4.69, 9.17) is 24.7 Å². The van der Waals surface area contributed by atoms with Gasteiger partial charge in [-0.15, -0.1) is 11.3 Å². The van der Waals surface area contributed by atoms with Crippen LogP contribution >= 0.6 is 11.3 Å². The summed E-state index contributed by atoms with van der Waals surface area (Å²) in [4.78, 5) is 36.1. The van der Waals surface area contributed by atoms with Gasteiger partial charge in [0.25, 0.3) is 0 Å². The van der Waals surface area contributed by atoms with Gasteiger partial charge >= 0.3 is 17.9 Å². The van der Waals surface area contributed by atoms with E-state index in [2.05, 4.69) is 0 Å². The van der Waals surface area contributed by atoms with Gasteiger partial charge in [-0.1, -0.05) is 17.7 Å². The molecule has 0 atom stereocenters. The lowest BCUT2D eigenvalue weighted by molar-refractivity contribution is -0.145. The second-order valence-corrected chi connectivity index (χ2v) is 7.11. The first-order valence-corrected chi connectivity index (χ1v) is 9.61. The van der Waals surface area contributed by atoms with Gasteiger partial charge in [-0.05, 0) is 25.5 Å². The summed E-state index contributed by atoms with van der Waals surface area (Å²) in [6.07, 6.45) is 0.568. The molecular weight excluding hydrogens is 398 g/mol. The molecule has 0 saturated carbocycles. The van der Waals surface area contributed by atoms with Gasteiger partial charge in [0.05, 0.1) is 20.8 Å². The molecule has 1 aromatic carbocycles. The topological polar surface area (TPSA) is 114 Å². The summed E-state index contributed by atoms with van der Waals surface area (Å²) in [5.41, 5.74) is 7.15. The molecule has 0 saturated heterocycles. The molecule has 9 heteroatoms. The molecule has 0 unspecified atom stereocenters. The Morgan fingerprint density at radius 1 is 1.03 bits per heavy atom. The highest BCUT2D eigenvalue weighted by molar-refractivity contribution is 7.18. The molecule has 0 radical (unpaired) electrons. The summed E-state index contributed by atoms with van der Waals surface area (Å²) >= 11 is 0.880. The number of methoxy groups -OCH3 is 2. The van der Waals surface area contributed by atoms with Crippen LogP contribution in [-0.4, -0.2) is 38.7 Å². The fraction of sp³-hybridized carbons (Fsp3) is 0.350. The van der Waals surface area contributed by atoms with Crippen molar-refractivity contribution in [3.05, 3.63) is 45.8 Å². The number of esters is 3. The van der Waals surface area contributed by atoms with Crippen LogP contribution in [-0.2, 0) is 25.6 Å². The van der Waals surface area contributed by atoms with Crippen molar-refractivity contribution in [3.63, 3.8) is 0 Å². The molecule has 1 aromatic heterocycles. The normalized spacial score (nSPS) is 10.3. The maximum Gasteiger partial charge on any atom is 0.348 e. The summed E-state index contributed by atoms with van der Waals surface area (Å²) in [6, 6.07) is 7.59. The van der Waals surface area contributed by atoms with Crippen LogP contribution in [0.15, 0.2) is 24.3 Å². The third kappa shape index (κ3) is 5.95. The number of carbonyl (C=O) groups excluding carboxylic acids is 3. The second-order valence-electron chi connectivity index (χ2n) is 6.06. The van der Waals surface area contributed by atoms with Crippen LogP contribution in [0.25, 0.3) is 0 Å². The van der Waals surface area contributed by atoms with Crippen LogP contribution in [0.2, 0.25) is 0 Å². The number of hydrogen-bond acceptors (Lipinski definition) is 9. The zero-order valence-electron chi connectivity index (χ0n) is 16.5. The minimum Gasteiger partial charge on any atom is -0.494 e. The fourth-order valence-electron chi connectivity index (χ4n) is 2.47. The molecule has 1 heterocycles. The Balaban J connectivity index is 1.92. The van der Waals surface area contributed by atoms with Crippen molar-refractivity contribution in [2.45, 2.75) is 26.4 Å². The zero-order chi connectivity index (χ0) is 21.4. The van der Waals surface area contributed by atoms with E-state index in [1.165, 1.54) is 14.2 Å². The summed E-state index contributed by atoms with van der Waals surface area (Å²) in [6.45, 7) is 2.04. The molecule has 0 bridgehead atoms. The number of aryl methyl sites for hydroxylation is 1. The lowest BCUT2D eigenvalue weighted by Crippen LogP contribution is -2.13. The minimum atomic E-state index is -0.716. The number of anilines is 1. The van der Waals surface area contributed by atoms with Crippen LogP contribution in [0, 0.1) is 6.92 Å². The summed E-state index contributed by atoms with van der Waals surface area (Å²) in [5, 5.41) is 0.0924. The first-order valence-electron chi connectivity index (χ1n) is 8.80. The van der Waals surface area contributed by atoms with E-state index >= 15 is 0 Å². The number of hydrogen-bond donors (Lipinski definition) is 1. The van der Waals surface area contributed by atoms with Crippen LogP contribution < -0.4 is 10.5 Å². The molecular formula is C20H23NO7S. The molecule has 156 valence electrons. The van der Waals surface area contributed by atoms with Gasteiger partial charge in [0.1, 0.15) is 27.8 Å². The average Bonchev–Trinajstić information content (AvgIpc) is 3.05. The Hall–Kier alpha value is -3.07. The highest BCUT2D eigenvalue weighted by Crippen LogP contribution is 2.33. The molecule has 0 aliphatic rings. The van der Waals surface area contributed by atoms with Crippen LogP contribution in [0.5, 0.6) is 5.75 Å². The van der Waals surface area contributed by atoms with Gasteiger partial charge in [-0.25, -0.2) is 9.59 Å². The van der Waals surface area contributed by atoms with Crippen LogP contribution in [0.3, 0.4) is 0 Å². The summed E-state index contributed by atoms with van der Waals surface area (Å²) < 4.78 is 20.2. The lowest BCUT2D eigenvalue weighted by atomic mass is 10.1. The predicted octanol–water partition coefficient (Wildman–Crippen LogP) is 3.11. The number of carbonyl (C=O) groups is 3. The summed E-state index contributed by atoms with van der Waals surface area (Å²) in [7, 11) is 2.40. The number of thiophene rings is 1. The Bertz CT molecular complexity index is 874. The van der Waals surface area contributed by atoms with Gasteiger partial charge in [0.2, 0.25) is 0 Å². The van der Waals surface area contributed by atoms with Gasteiger partial charge < -0.3 is 24.7 Å². The molecule has 0 fully saturated rings. The van der Waals surface area contributed by atoms with Crippen molar-refractivity contribution < 1.29 is 33.3 Å². The number of ether oxygens (including phenoxy) is 4. The molecule has 0 spiro atoms. The molecule has 0 aliphatic carbocycles. The Labute approximate surface area is 172 Å². The highest BCUT2D eigenvalue weighted by atomic mass is 32.1. The number of nitrogens with two attached hydrogens (primary N) is 1. The number of benzene rings is 1. The van der Waals surface area contributed by atoms with E-state index in [0.29, 0.717) is 13.0 Å². The SMILES string of the molecule is COC(=O)c1sc(N)c(C(=O)OC)c1COC(=O)CCCOc1ccc(C)cc1. The van der Waals surface area contributed by atoms with E-state index in [1.807, 2.05) is 31.2 Å². The van der Waals surface area contributed by atoms with Crippen molar-refractivity contribution in [1.29, 1.82) is 0 Å². The largest absolute Gasteiger partial charge is 0.494 e. The number of nitrogen functional groups attached to an aromatic ring is 1. The maximum atomic E-state index is 12.0. The van der Waals surface area contributed by atoms with E-state index in [0.717, 1.165) is 22.6 Å². The Kier molecular flexibility index (Phi) is 8.02. The molecule has 29 heavy (non-hydrogen) atoms. The third-order valence-corrected chi connectivity index (χ3v) is 5.03. The maximum absolute atomic E-state index is 12.0. The van der Waals surface area contributed by atoms with E-state index < -0.39 is 17.9 Å². The standard InChI is InChI=1S/C20H23NO7S/c1-12-6-8-13(9-7-12)27-10-4-5-15(22)28-11-14-16(19(23)25-2)18(21)29-17(14)20(24)26-3/h6-9H,4-5,10-11,21H2,1-3H3. The van der Waals surface area contributed by atoms with Gasteiger partial charge in [0.15, 0.2) is 0 Å².